The van der Waals surface area contributed by atoms with Crippen LogP contribution >= 0.6 is 24.0 Å². The quantitative estimate of drug-likeness (QED) is 0.560. The van der Waals surface area contributed by atoms with Gasteiger partial charge in [-0.2, -0.15) is 0 Å². The lowest BCUT2D eigenvalue weighted by atomic mass is 10.1. The molecular weight excluding hydrogens is 202 g/mol. The van der Waals surface area contributed by atoms with Crippen molar-refractivity contribution in [2.75, 3.05) is 5.73 Å². The summed E-state index contributed by atoms with van der Waals surface area (Å²) in [6.07, 6.45) is 0.811. The van der Waals surface area contributed by atoms with Crippen molar-refractivity contribution in [3.8, 4) is 0 Å². The van der Waals surface area contributed by atoms with Gasteiger partial charge in [-0.1, -0.05) is 0 Å². The lowest BCUT2D eigenvalue weighted by Crippen LogP contribution is -1.86. The highest BCUT2D eigenvalue weighted by Gasteiger charge is 2.06. The smallest absolute Gasteiger partial charge is 0.150 e. The van der Waals surface area contributed by atoms with Crippen molar-refractivity contribution in [2.24, 2.45) is 0 Å². The molecular formula is C9H7NOS2. The predicted octanol–water partition coefficient (Wildman–Crippen LogP) is 2.58. The van der Waals surface area contributed by atoms with Gasteiger partial charge in [-0.3, -0.25) is 4.79 Å². The Kier molecular flexibility index (Phi) is 2.01. The zero-order valence-electron chi connectivity index (χ0n) is 6.65. The second-order valence-electron chi connectivity index (χ2n) is 2.72. The molecule has 2 nitrogen and oxygen atoms in total. The van der Waals surface area contributed by atoms with Crippen LogP contribution in [0.4, 0.5) is 5.69 Å². The maximum atomic E-state index is 10.7. The summed E-state index contributed by atoms with van der Waals surface area (Å²) in [5, 5.41) is 2.68. The summed E-state index contributed by atoms with van der Waals surface area (Å²) in [6.45, 7) is 0. The van der Waals surface area contributed by atoms with Crippen LogP contribution in [0.2, 0.25) is 0 Å². The number of thiophene rings is 1. The molecule has 0 amide bonds. The van der Waals surface area contributed by atoms with Crippen LogP contribution in [0.1, 0.15) is 10.4 Å². The summed E-state index contributed by atoms with van der Waals surface area (Å²) >= 11 is 5.73. The van der Waals surface area contributed by atoms with Crippen LogP contribution in [0.3, 0.4) is 0 Å². The molecule has 1 heterocycles. The van der Waals surface area contributed by atoms with Gasteiger partial charge in [-0.25, -0.2) is 0 Å². The Morgan fingerprint density at radius 1 is 1.46 bits per heavy atom. The van der Waals surface area contributed by atoms with Gasteiger partial charge in [-0.05, 0) is 12.1 Å². The number of fused-ring (bicyclic) bond motifs is 1. The molecule has 0 aliphatic rings. The van der Waals surface area contributed by atoms with Crippen LogP contribution < -0.4 is 5.73 Å². The molecule has 2 N–H and O–H groups in total. The van der Waals surface area contributed by atoms with E-state index in [0.717, 1.165) is 21.3 Å². The molecule has 2 aromatic rings. The molecule has 4 heteroatoms. The van der Waals surface area contributed by atoms with E-state index in [1.54, 1.807) is 6.07 Å². The van der Waals surface area contributed by atoms with Gasteiger partial charge in [0.1, 0.15) is 0 Å². The topological polar surface area (TPSA) is 43.1 Å². The van der Waals surface area contributed by atoms with Crippen molar-refractivity contribution in [1.29, 1.82) is 0 Å². The SMILES string of the molecule is Nc1csc2cc(S)cc(C=O)c12. The lowest BCUT2D eigenvalue weighted by molar-refractivity contribution is 0.112. The number of aldehydes is 1. The average Bonchev–Trinajstić information content (AvgIpc) is 2.46. The van der Waals surface area contributed by atoms with Crippen LogP contribution in [0, 0.1) is 0 Å². The summed E-state index contributed by atoms with van der Waals surface area (Å²) in [6, 6.07) is 3.63. The molecule has 66 valence electrons. The van der Waals surface area contributed by atoms with Gasteiger partial charge in [-0.15, -0.1) is 24.0 Å². The molecule has 1 aromatic carbocycles. The van der Waals surface area contributed by atoms with Crippen LogP contribution in [0.25, 0.3) is 10.1 Å². The minimum Gasteiger partial charge on any atom is -0.398 e. The van der Waals surface area contributed by atoms with E-state index in [-0.39, 0.29) is 0 Å². The number of carbonyl (C=O) groups is 1. The van der Waals surface area contributed by atoms with Crippen molar-refractivity contribution in [1.82, 2.24) is 0 Å². The summed E-state index contributed by atoms with van der Waals surface area (Å²) < 4.78 is 1.01. The average molecular weight is 209 g/mol. The molecule has 0 radical (unpaired) electrons. The van der Waals surface area contributed by atoms with Gasteiger partial charge in [0.2, 0.25) is 0 Å². The molecule has 0 bridgehead atoms. The molecule has 0 atom stereocenters. The van der Waals surface area contributed by atoms with Crippen molar-refractivity contribution >= 4 is 46.0 Å². The Morgan fingerprint density at radius 3 is 2.92 bits per heavy atom. The van der Waals surface area contributed by atoms with Crippen molar-refractivity contribution in [2.45, 2.75) is 4.90 Å². The fraction of sp³-hybridized carbons (Fsp3) is 0. The second-order valence-corrected chi connectivity index (χ2v) is 4.14. The van der Waals surface area contributed by atoms with Gasteiger partial charge >= 0.3 is 0 Å². The Labute approximate surface area is 84.8 Å². The normalized spacial score (nSPS) is 10.5. The van der Waals surface area contributed by atoms with Gasteiger partial charge < -0.3 is 5.73 Å². The maximum Gasteiger partial charge on any atom is 0.150 e. The number of thiol groups is 1. The highest BCUT2D eigenvalue weighted by molar-refractivity contribution is 7.80. The molecule has 0 unspecified atom stereocenters. The van der Waals surface area contributed by atoms with Gasteiger partial charge in [0.05, 0.1) is 5.69 Å². The number of nitrogen functional groups attached to an aromatic ring is 1. The van der Waals surface area contributed by atoms with Crippen LogP contribution in [-0.4, -0.2) is 6.29 Å². The summed E-state index contributed by atoms with van der Waals surface area (Å²) in [5.74, 6) is 0. The predicted molar refractivity (Wildman–Crippen MR) is 58.9 cm³/mol. The minimum absolute atomic E-state index is 0.612. The minimum atomic E-state index is 0.612. The van der Waals surface area contributed by atoms with Gasteiger partial charge in [0.15, 0.2) is 6.29 Å². The number of anilines is 1. The molecule has 13 heavy (non-hydrogen) atoms. The first-order valence-corrected chi connectivity index (χ1v) is 5.00. The third kappa shape index (κ3) is 1.32. The first kappa shape index (κ1) is 8.59. The fourth-order valence-electron chi connectivity index (χ4n) is 1.30. The first-order chi connectivity index (χ1) is 6.22. The van der Waals surface area contributed by atoms with Crippen LogP contribution in [0.15, 0.2) is 22.4 Å². The van der Waals surface area contributed by atoms with Crippen LogP contribution in [0.5, 0.6) is 0 Å². The van der Waals surface area contributed by atoms with Crippen molar-refractivity contribution in [3.63, 3.8) is 0 Å². The fourth-order valence-corrected chi connectivity index (χ4v) is 2.58. The number of hydrogen-bond acceptors (Lipinski definition) is 4. The zero-order chi connectivity index (χ0) is 9.42. The molecule has 0 saturated heterocycles. The Bertz CT molecular complexity index is 476. The zero-order valence-corrected chi connectivity index (χ0v) is 8.36. The molecule has 0 spiro atoms. The highest BCUT2D eigenvalue weighted by Crippen LogP contribution is 2.32. The van der Waals surface area contributed by atoms with E-state index in [2.05, 4.69) is 12.6 Å². The summed E-state index contributed by atoms with van der Waals surface area (Å²) in [5.41, 5.74) is 7.00. The third-order valence-corrected chi connectivity index (χ3v) is 3.05. The van der Waals surface area contributed by atoms with E-state index < -0.39 is 0 Å². The Balaban J connectivity index is 2.92. The van der Waals surface area contributed by atoms with Gasteiger partial charge in [0, 0.05) is 25.9 Å². The van der Waals surface area contributed by atoms with Gasteiger partial charge in [0.25, 0.3) is 0 Å². The molecule has 2 rings (SSSR count). The van der Waals surface area contributed by atoms with E-state index in [1.807, 2.05) is 11.4 Å². The van der Waals surface area contributed by atoms with E-state index in [9.17, 15) is 4.79 Å². The first-order valence-electron chi connectivity index (χ1n) is 3.67. The summed E-state index contributed by atoms with van der Waals surface area (Å²) in [4.78, 5) is 11.5. The number of hydrogen-bond donors (Lipinski definition) is 2. The molecule has 0 aliphatic heterocycles. The highest BCUT2D eigenvalue weighted by atomic mass is 32.1. The molecule has 1 aromatic heterocycles. The van der Waals surface area contributed by atoms with E-state index in [4.69, 9.17) is 5.73 Å². The molecule has 0 saturated carbocycles. The lowest BCUT2D eigenvalue weighted by Gasteiger charge is -1.98. The van der Waals surface area contributed by atoms with E-state index in [1.165, 1.54) is 11.3 Å². The monoisotopic (exact) mass is 209 g/mol. The Morgan fingerprint density at radius 2 is 2.23 bits per heavy atom. The van der Waals surface area contributed by atoms with Crippen molar-refractivity contribution < 1.29 is 4.79 Å². The number of carbonyl (C=O) groups excluding carboxylic acids is 1. The van der Waals surface area contributed by atoms with Crippen molar-refractivity contribution in [3.05, 3.63) is 23.1 Å². The number of rotatable bonds is 1. The number of benzene rings is 1. The van der Waals surface area contributed by atoms with E-state index in [0.29, 0.717) is 11.3 Å². The summed E-state index contributed by atoms with van der Waals surface area (Å²) in [7, 11) is 0. The second kappa shape index (κ2) is 3.05. The Hall–Kier alpha value is -1.00. The number of nitrogens with two attached hydrogens (primary N) is 1. The molecule has 0 aliphatic carbocycles. The molecule has 0 fully saturated rings. The van der Waals surface area contributed by atoms with E-state index >= 15 is 0 Å². The third-order valence-electron chi connectivity index (χ3n) is 1.85. The van der Waals surface area contributed by atoms with Crippen LogP contribution in [-0.2, 0) is 0 Å². The standard InChI is InChI=1S/C9H7NOS2/c10-7-4-13-8-2-6(12)1-5(3-11)9(7)8/h1-4,12H,10H2. The largest absolute Gasteiger partial charge is 0.398 e. The maximum absolute atomic E-state index is 10.7.